The maximum Gasteiger partial charge on any atom is -0.693 e. The molecule has 17 atom stereocenters. The van der Waals surface area contributed by atoms with Crippen molar-refractivity contribution in [3.63, 3.8) is 0 Å². The van der Waals surface area contributed by atoms with Gasteiger partial charge in [0.2, 0.25) is 12.7 Å². The van der Waals surface area contributed by atoms with E-state index in [1.165, 1.54) is 25.5 Å². The first kappa shape index (κ1) is 106. The van der Waals surface area contributed by atoms with Gasteiger partial charge < -0.3 is 101 Å². The molecule has 643 valence electrons. The number of hydrogen-bond acceptors (Lipinski definition) is 23. The predicted octanol–water partition coefficient (Wildman–Crippen LogP) is 10.8. The van der Waals surface area contributed by atoms with Crippen LogP contribution in [0.4, 0.5) is 17.3 Å². The number of aliphatic hydroxyl groups excluding tert-OH is 5. The number of nitrogens with one attached hydrogen (secondary N) is 1. The number of carboxylic acid groups (broad SMARTS) is 1. The largest absolute Gasteiger partial charge is 0.693 e. The van der Waals surface area contributed by atoms with E-state index in [0.29, 0.717) is 92.1 Å². The first-order chi connectivity index (χ1) is 50.7. The number of aliphatic carboxylic acids is 1. The van der Waals surface area contributed by atoms with Gasteiger partial charge in [0.25, 0.3) is 3.82 Å². The molecule has 112 heavy (non-hydrogen) atoms. The third-order valence-electron chi connectivity index (χ3n) is 20.7. The van der Waals surface area contributed by atoms with E-state index in [0.717, 1.165) is 84.6 Å². The van der Waals surface area contributed by atoms with E-state index in [4.69, 9.17) is 148 Å². The average Bonchev–Trinajstić information content (AvgIpc) is 1.51. The van der Waals surface area contributed by atoms with E-state index >= 15 is 0 Å². The van der Waals surface area contributed by atoms with Crippen LogP contribution >= 0.6 is 125 Å². The summed E-state index contributed by atoms with van der Waals surface area (Å²) in [5.41, 5.74) is 12.9. The fraction of sp³-hybridized carbons (Fsp3) is 0.652. The van der Waals surface area contributed by atoms with Crippen LogP contribution in [0.5, 0.6) is 0 Å². The molecule has 46 heteroatoms. The molecule has 33 nitrogen and oxygen atoms in total. The second kappa shape index (κ2) is 45.9. The number of halogens is 9. The van der Waals surface area contributed by atoms with Crippen LogP contribution in [0.25, 0.3) is 23.5 Å². The molecule has 0 spiro atoms. The van der Waals surface area contributed by atoms with Crippen LogP contribution in [0, 0.1) is 47.8 Å². The maximum atomic E-state index is 12.3. The number of fused-ring (bicyclic) bond motifs is 8. The van der Waals surface area contributed by atoms with Crippen LogP contribution in [0.3, 0.4) is 0 Å². The van der Waals surface area contributed by atoms with Crippen molar-refractivity contribution in [3.8, 4) is 0 Å². The second-order valence-corrected chi connectivity index (χ2v) is 38.5. The Balaban J connectivity index is 0.000000459. The van der Waals surface area contributed by atoms with Crippen LogP contribution in [-0.4, -0.2) is 224 Å². The number of nitrogens with two attached hydrogens (primary N) is 4. The number of carbonyl (C=O) groups is 3. The van der Waals surface area contributed by atoms with E-state index in [2.05, 4.69) is 59.3 Å². The van der Waals surface area contributed by atoms with Gasteiger partial charge in [0.15, 0.2) is 29.3 Å². The molecular formula is C66H103Cl9N13O20P3Pt-3. The number of nitrogens with zero attached hydrogens (tertiary/aromatic N) is 8. The number of alkyl halides is 6. The monoisotopic (exact) mass is 2000 g/mol. The number of allylic oxidation sites excluding steroid dienone is 4. The van der Waals surface area contributed by atoms with Crippen molar-refractivity contribution in [2.45, 2.75) is 145 Å². The minimum absolute atomic E-state index is 0. The third-order valence-corrected chi connectivity index (χ3v) is 30.9. The van der Waals surface area contributed by atoms with Gasteiger partial charge in [-0.05, 0) is 129 Å². The number of aryl methyl sites for hydroxylation is 1. The van der Waals surface area contributed by atoms with E-state index in [1.807, 2.05) is 30.3 Å². The Morgan fingerprint density at radius 1 is 0.839 bits per heavy atom. The summed E-state index contributed by atoms with van der Waals surface area (Å²) in [6.45, 7) is 9.78. The number of carbonyl (C=O) groups excluding carboxylic acids is 2. The van der Waals surface area contributed by atoms with Gasteiger partial charge in [-0.15, -0.1) is 46.4 Å². The molecule has 3 saturated heterocycles. The van der Waals surface area contributed by atoms with Crippen LogP contribution in [-0.2, 0) is 67.3 Å². The molecule has 4 aromatic rings. The molecule has 3 saturated carbocycles. The van der Waals surface area contributed by atoms with Crippen molar-refractivity contribution < 1.29 is 111 Å². The summed E-state index contributed by atoms with van der Waals surface area (Å²) in [6, 6.07) is 9.51. The average molecular weight is 2010 g/mol. The van der Waals surface area contributed by atoms with Gasteiger partial charge in [-0.25, -0.2) is 19.5 Å². The van der Waals surface area contributed by atoms with Crippen LogP contribution in [0.1, 0.15) is 104 Å². The Morgan fingerprint density at radius 3 is 1.92 bits per heavy atom. The van der Waals surface area contributed by atoms with Gasteiger partial charge in [0, 0.05) is 109 Å². The van der Waals surface area contributed by atoms with Crippen LogP contribution in [0.15, 0.2) is 70.4 Å². The first-order valence-electron chi connectivity index (χ1n) is 34.0. The number of Topliss-reactive ketones (excluding diaryl/α,β-unsaturated/α-hetero) is 1. The summed E-state index contributed by atoms with van der Waals surface area (Å²) in [5.74, 6) is 3.25. The van der Waals surface area contributed by atoms with Crippen molar-refractivity contribution in [3.05, 3.63) is 107 Å². The number of hydrogen-bond donors (Lipinski definition) is 13. The fourth-order valence-electron chi connectivity index (χ4n) is 14.9. The summed E-state index contributed by atoms with van der Waals surface area (Å²) >= 11 is 46.9. The zero-order chi connectivity index (χ0) is 80.8. The van der Waals surface area contributed by atoms with Gasteiger partial charge in [-0.1, -0.05) is 74.3 Å². The number of ether oxygens (including phenoxy) is 2. The van der Waals surface area contributed by atoms with Crippen molar-refractivity contribution in [2.24, 2.45) is 40.4 Å². The van der Waals surface area contributed by atoms with Gasteiger partial charge in [0.05, 0.1) is 32.3 Å². The summed E-state index contributed by atoms with van der Waals surface area (Å²) < 4.78 is 50.7. The van der Waals surface area contributed by atoms with Crippen molar-refractivity contribution in [2.75, 3.05) is 99.1 Å². The Bertz CT molecular complexity index is 3950. The Hall–Kier alpha value is -2.31. The molecule has 19 N–H and O–H groups in total. The van der Waals surface area contributed by atoms with Crippen molar-refractivity contribution >= 4 is 171 Å². The van der Waals surface area contributed by atoms with E-state index in [-0.39, 0.29) is 97.3 Å². The minimum atomic E-state index is -4.97. The number of benzene rings is 1. The Kier molecular flexibility index (Phi) is 43.4. The van der Waals surface area contributed by atoms with E-state index < -0.39 is 93.3 Å². The second-order valence-electron chi connectivity index (χ2n) is 27.2. The molecule has 8 aliphatic rings. The number of ketones is 2. The fourth-order valence-corrected chi connectivity index (χ4v) is 20.4. The van der Waals surface area contributed by atoms with Gasteiger partial charge >= 0.3 is 55.1 Å². The van der Waals surface area contributed by atoms with E-state index in [9.17, 15) is 53.3 Å². The van der Waals surface area contributed by atoms with Crippen molar-refractivity contribution in [1.82, 2.24) is 38.8 Å². The standard InChI is InChI=1S/C22H27ClO3.C14H19Cl2NO2.C10H12ClN5O3.C9H13N3O5.C7H15Cl2N2O2P.C2H6Cl2O5P2.CH4.CH3.ClH.2H2N.Pt/c1-11(24)22(26)7-5-14-12-9-18(23)17-10-19(25)13-8-16(13)21(17,3)15(12)4-6-20(14,22)2;15-8-10-17(11-9-16)13-6-4-12(5-7-13)2-1-3-14(18)19;11-10-14-8(12)7-9(15-10)16(3-13-7)6-1-4(18)5(2-17)19-6;10-5-1-2-12(9(16)11-5)8-7(15)6(14)4(3-13)17-8;8-2-5-11(6-3-9)14(12)10-4-1-7-13-14;1-10(5,6)2(3,4)11(7,8)9;;;;;;/h9-10,12-16,26H,4-8H2,1-3H3;4-7H,1-3,8-11H2,(H,18,19);3-6,17-18H,1-2H2,(H2,12,14,15);1-2,4,6-8,13-15H,3H2,(H2,10,11,16);1-7H2,(H,10,12);1H3,(H,5,6)(H2,7,8,9);1H4;1H3;1H;2*1H2;/q;;;;;;;-1;;2*-1;+1/p-1/t12?,13-,14?,15?,16+,20?,21?,22+;;4-,5+,6+;4-,6-,7+,8-;;;;;;;;/m1.01......../s1. The van der Waals surface area contributed by atoms with Crippen LogP contribution < -0.4 is 27.1 Å². The molecule has 7 unspecified atom stereocenters. The molecule has 3 aliphatic heterocycles. The third kappa shape index (κ3) is 24.7. The zero-order valence-electron chi connectivity index (χ0n) is 61.2. The predicted molar refractivity (Wildman–Crippen MR) is 433 cm³/mol. The van der Waals surface area contributed by atoms with Gasteiger partial charge in [-0.2, -0.15) is 15.0 Å². The van der Waals surface area contributed by atoms with Gasteiger partial charge in [-0.3, -0.25) is 37.2 Å². The van der Waals surface area contributed by atoms with Crippen molar-refractivity contribution in [1.29, 1.82) is 0 Å². The molecule has 0 amide bonds. The number of aliphatic hydroxyl groups is 6. The molecule has 6 fully saturated rings. The SMILES string of the molecule is C.CC(=O)[C@@]1(O)CCC2C3C=C(Cl)C4=CC(=O)[C@@H]5C[C@@H]5C4(C)C3CCC21C.CP(=O)(O)C(Cl)(Cl)P(=O)(O)O.Nc1ccn([C@@H]2O[C@H](CO)[C@@H](O)[C@@H]2O)c(=O)n1.Nc1nc(Cl)nc2c1ncn2[C@H]1C[C@H](O)[C@@H](CO)O1.O=C(O)CCCc1ccc(N(CCCl)CCCl)cc1.O=P1(N(CCCl)CCCl)NCCCO1.[CH3-].[Cl][Pt].[NH2-].[NH2-]. The molecule has 0 radical (unpaired) electrons. The smallest absolute Gasteiger partial charge is 0.693 e. The van der Waals surface area contributed by atoms with Gasteiger partial charge in [0.1, 0.15) is 47.6 Å². The number of aromatic nitrogens is 6. The first-order valence-corrected chi connectivity index (χ1v) is 45.8. The molecule has 5 aliphatic carbocycles. The number of anilines is 3. The molecule has 6 heterocycles. The quantitative estimate of drug-likeness (QED) is 0.0159. The molecule has 12 rings (SSSR count). The Morgan fingerprint density at radius 2 is 1.43 bits per heavy atom. The number of imidazole rings is 1. The summed E-state index contributed by atoms with van der Waals surface area (Å²) in [6.07, 6.45) is 7.56. The molecule has 3 aromatic heterocycles. The summed E-state index contributed by atoms with van der Waals surface area (Å²) in [7, 11) is -7.43. The molecule has 0 bridgehead atoms. The number of nitrogen functional groups attached to an aromatic ring is 2. The number of carboxylic acids is 1. The number of rotatable bonds is 21. The molecular weight excluding hydrogens is 1900 g/mol. The normalized spacial score (nSPS) is 29.5. The summed E-state index contributed by atoms with van der Waals surface area (Å²) in [4.78, 5) is 89.6. The minimum Gasteiger partial charge on any atom is -0.693 e. The topological polar surface area (TPSA) is 548 Å². The summed E-state index contributed by atoms with van der Waals surface area (Å²) in [5, 5.41) is 70.4. The Labute approximate surface area is 706 Å². The van der Waals surface area contributed by atoms with Crippen LogP contribution in [0.2, 0.25) is 5.28 Å². The molecule has 1 aromatic carbocycles. The zero-order valence-corrected chi connectivity index (χ0v) is 72.9. The maximum absolute atomic E-state index is 12.3. The van der Waals surface area contributed by atoms with E-state index in [1.54, 1.807) is 28.0 Å².